The first-order valence-corrected chi connectivity index (χ1v) is 6.63. The van der Waals surface area contributed by atoms with Crippen LogP contribution in [0, 0.1) is 0 Å². The van der Waals surface area contributed by atoms with Crippen LogP contribution in [-0.2, 0) is 6.42 Å². The highest BCUT2D eigenvalue weighted by molar-refractivity contribution is 7.09. The number of aromatic nitrogens is 1. The number of nitrogens with zero attached hydrogens (tertiary/aromatic N) is 1. The Morgan fingerprint density at radius 1 is 1.29 bits per heavy atom. The van der Waals surface area contributed by atoms with Crippen molar-refractivity contribution in [2.45, 2.75) is 12.5 Å². The van der Waals surface area contributed by atoms with E-state index in [4.69, 9.17) is 29.0 Å². The number of rotatable bonds is 4. The zero-order chi connectivity index (χ0) is 12.3. The molecule has 90 valence electrons. The zero-order valence-electron chi connectivity index (χ0n) is 8.86. The summed E-state index contributed by atoms with van der Waals surface area (Å²) < 4.78 is 0. The predicted molar refractivity (Wildman–Crippen MR) is 72.3 cm³/mol. The average molecular weight is 288 g/mol. The summed E-state index contributed by atoms with van der Waals surface area (Å²) >= 11 is 13.5. The van der Waals surface area contributed by atoms with Crippen LogP contribution in [0.25, 0.3) is 0 Å². The number of nitrogens with one attached hydrogen (secondary N) is 1. The molecule has 0 aliphatic carbocycles. The minimum absolute atomic E-state index is 0.0441. The van der Waals surface area contributed by atoms with E-state index in [1.807, 2.05) is 17.5 Å². The summed E-state index contributed by atoms with van der Waals surface area (Å²) in [7, 11) is 0. The second-order valence-corrected chi connectivity index (χ2v) is 5.40. The zero-order valence-corrected chi connectivity index (χ0v) is 11.2. The van der Waals surface area contributed by atoms with E-state index in [0.29, 0.717) is 16.5 Å². The van der Waals surface area contributed by atoms with Crippen molar-refractivity contribution in [3.63, 3.8) is 0 Å². The van der Waals surface area contributed by atoms with Crippen molar-refractivity contribution >= 4 is 34.5 Å². The lowest BCUT2D eigenvalue weighted by Crippen LogP contribution is -2.29. The van der Waals surface area contributed by atoms with E-state index in [9.17, 15) is 0 Å². The lowest BCUT2D eigenvalue weighted by atomic mass is 10.0. The molecule has 0 saturated carbocycles. The molecule has 17 heavy (non-hydrogen) atoms. The van der Waals surface area contributed by atoms with Crippen molar-refractivity contribution in [3.8, 4) is 0 Å². The van der Waals surface area contributed by atoms with Crippen LogP contribution >= 0.6 is 34.5 Å². The first-order valence-electron chi connectivity index (χ1n) is 4.99. The van der Waals surface area contributed by atoms with Gasteiger partial charge in [0, 0.05) is 28.0 Å². The predicted octanol–water partition coefficient (Wildman–Crippen LogP) is 3.20. The molecule has 0 saturated heterocycles. The fourth-order valence-corrected chi connectivity index (χ4v) is 2.78. The third-order valence-corrected chi connectivity index (χ3v) is 3.59. The van der Waals surface area contributed by atoms with E-state index >= 15 is 0 Å². The normalized spacial score (nSPS) is 12.6. The molecule has 6 heteroatoms. The van der Waals surface area contributed by atoms with Crippen LogP contribution in [-0.4, -0.2) is 4.98 Å². The summed E-state index contributed by atoms with van der Waals surface area (Å²) in [5, 5.41) is 4.16. The second-order valence-electron chi connectivity index (χ2n) is 3.55. The molecule has 0 fully saturated rings. The van der Waals surface area contributed by atoms with Crippen molar-refractivity contribution < 1.29 is 0 Å². The van der Waals surface area contributed by atoms with E-state index in [0.717, 1.165) is 10.6 Å². The van der Waals surface area contributed by atoms with Gasteiger partial charge in [-0.3, -0.25) is 11.3 Å². The van der Waals surface area contributed by atoms with Crippen LogP contribution in [0.1, 0.15) is 16.6 Å². The third kappa shape index (κ3) is 3.40. The van der Waals surface area contributed by atoms with Gasteiger partial charge in [0.25, 0.3) is 0 Å². The Morgan fingerprint density at radius 2 is 2.00 bits per heavy atom. The highest BCUT2D eigenvalue weighted by Crippen LogP contribution is 2.25. The van der Waals surface area contributed by atoms with Crippen molar-refractivity contribution in [1.29, 1.82) is 0 Å². The molecule has 0 bridgehead atoms. The summed E-state index contributed by atoms with van der Waals surface area (Å²) in [5.41, 5.74) is 3.72. The van der Waals surface area contributed by atoms with Gasteiger partial charge >= 0.3 is 0 Å². The maximum Gasteiger partial charge on any atom is 0.0944 e. The van der Waals surface area contributed by atoms with Gasteiger partial charge in [-0.2, -0.15) is 0 Å². The fourth-order valence-electron chi connectivity index (χ4n) is 1.58. The number of hydrazine groups is 1. The maximum absolute atomic E-state index is 5.97. The lowest BCUT2D eigenvalue weighted by molar-refractivity contribution is 0.551. The monoisotopic (exact) mass is 287 g/mol. The summed E-state index contributed by atoms with van der Waals surface area (Å²) in [6, 6.07) is 5.36. The molecule has 1 aromatic carbocycles. The van der Waals surface area contributed by atoms with Gasteiger partial charge in [-0.15, -0.1) is 11.3 Å². The molecule has 1 unspecified atom stereocenters. The van der Waals surface area contributed by atoms with E-state index in [1.165, 1.54) is 0 Å². The molecule has 1 heterocycles. The number of hydrogen-bond donors (Lipinski definition) is 2. The Bertz CT molecular complexity index is 467. The van der Waals surface area contributed by atoms with Crippen molar-refractivity contribution in [2.24, 2.45) is 5.84 Å². The van der Waals surface area contributed by atoms with Crippen LogP contribution < -0.4 is 11.3 Å². The summed E-state index contributed by atoms with van der Waals surface area (Å²) in [5.74, 6) is 5.56. The van der Waals surface area contributed by atoms with Crippen LogP contribution in [0.4, 0.5) is 0 Å². The minimum Gasteiger partial charge on any atom is -0.271 e. The van der Waals surface area contributed by atoms with E-state index in [2.05, 4.69) is 10.4 Å². The first kappa shape index (κ1) is 12.8. The van der Waals surface area contributed by atoms with Crippen LogP contribution in [0.15, 0.2) is 29.8 Å². The number of hydrogen-bond acceptors (Lipinski definition) is 4. The van der Waals surface area contributed by atoms with Gasteiger partial charge in [-0.25, -0.2) is 4.98 Å². The largest absolute Gasteiger partial charge is 0.271 e. The van der Waals surface area contributed by atoms with E-state index in [1.54, 1.807) is 23.6 Å². The SMILES string of the molecule is NNC(Cc1nccs1)c1cc(Cl)cc(Cl)c1. The number of halogens is 2. The van der Waals surface area contributed by atoms with Gasteiger partial charge in [0.2, 0.25) is 0 Å². The molecule has 2 aromatic rings. The molecule has 0 aliphatic rings. The molecule has 1 atom stereocenters. The summed E-state index contributed by atoms with van der Waals surface area (Å²) in [6.07, 6.45) is 2.49. The Labute approximate surface area is 114 Å². The summed E-state index contributed by atoms with van der Waals surface area (Å²) in [6.45, 7) is 0. The maximum atomic E-state index is 5.97. The number of thiazole rings is 1. The molecule has 0 radical (unpaired) electrons. The lowest BCUT2D eigenvalue weighted by Gasteiger charge is -2.15. The minimum atomic E-state index is -0.0441. The quantitative estimate of drug-likeness (QED) is 0.671. The van der Waals surface area contributed by atoms with Crippen molar-refractivity contribution in [2.75, 3.05) is 0 Å². The Balaban J connectivity index is 2.22. The average Bonchev–Trinajstić information content (AvgIpc) is 2.77. The third-order valence-electron chi connectivity index (χ3n) is 2.35. The Morgan fingerprint density at radius 3 is 2.53 bits per heavy atom. The smallest absolute Gasteiger partial charge is 0.0944 e. The van der Waals surface area contributed by atoms with Crippen LogP contribution in [0.3, 0.4) is 0 Å². The first-order chi connectivity index (χ1) is 8.19. The van der Waals surface area contributed by atoms with Gasteiger partial charge in [0.1, 0.15) is 0 Å². The highest BCUT2D eigenvalue weighted by Gasteiger charge is 2.13. The van der Waals surface area contributed by atoms with Crippen LogP contribution in [0.5, 0.6) is 0 Å². The molecular weight excluding hydrogens is 277 g/mol. The number of nitrogens with two attached hydrogens (primary N) is 1. The van der Waals surface area contributed by atoms with Crippen molar-refractivity contribution in [1.82, 2.24) is 10.4 Å². The highest BCUT2D eigenvalue weighted by atomic mass is 35.5. The molecule has 2 rings (SSSR count). The molecule has 3 nitrogen and oxygen atoms in total. The fraction of sp³-hybridized carbons (Fsp3) is 0.182. The molecule has 3 N–H and O–H groups in total. The summed E-state index contributed by atoms with van der Waals surface area (Å²) in [4.78, 5) is 4.23. The van der Waals surface area contributed by atoms with Gasteiger partial charge in [0.05, 0.1) is 11.0 Å². The molecule has 0 spiro atoms. The van der Waals surface area contributed by atoms with Gasteiger partial charge in [0.15, 0.2) is 0 Å². The van der Waals surface area contributed by atoms with E-state index < -0.39 is 0 Å². The van der Waals surface area contributed by atoms with Gasteiger partial charge in [-0.1, -0.05) is 23.2 Å². The molecular formula is C11H11Cl2N3S. The van der Waals surface area contributed by atoms with Gasteiger partial charge in [-0.05, 0) is 23.8 Å². The Kier molecular flexibility index (Phi) is 4.36. The molecule has 0 aliphatic heterocycles. The molecule has 1 aromatic heterocycles. The molecule has 0 amide bonds. The van der Waals surface area contributed by atoms with Crippen molar-refractivity contribution in [3.05, 3.63) is 50.4 Å². The standard InChI is InChI=1S/C11H11Cl2N3S/c12-8-3-7(4-9(13)5-8)10(16-14)6-11-15-1-2-17-11/h1-5,10,16H,6,14H2. The number of benzene rings is 1. The topological polar surface area (TPSA) is 50.9 Å². The Hall–Kier alpha value is -0.650. The van der Waals surface area contributed by atoms with E-state index in [-0.39, 0.29) is 6.04 Å². The van der Waals surface area contributed by atoms with Gasteiger partial charge < -0.3 is 0 Å². The van der Waals surface area contributed by atoms with Crippen LogP contribution in [0.2, 0.25) is 10.0 Å². The second kappa shape index (κ2) is 5.80.